The fourth-order valence-electron chi connectivity index (χ4n) is 4.03. The molecule has 4 N–H and O–H groups in total. The van der Waals surface area contributed by atoms with Crippen molar-refractivity contribution in [3.8, 4) is 11.5 Å². The van der Waals surface area contributed by atoms with Crippen molar-refractivity contribution >= 4 is 28.4 Å². The van der Waals surface area contributed by atoms with Crippen LogP contribution < -0.4 is 20.5 Å². The molecule has 0 aliphatic carbocycles. The zero-order valence-electron chi connectivity index (χ0n) is 23.4. The van der Waals surface area contributed by atoms with Crippen molar-refractivity contribution in [2.24, 2.45) is 5.92 Å². The lowest BCUT2D eigenvalue weighted by molar-refractivity contribution is -0.121. The number of nitrogens with zero attached hydrogens (tertiary/aromatic N) is 1. The lowest BCUT2D eigenvalue weighted by Crippen LogP contribution is -2.44. The monoisotopic (exact) mass is 565 g/mol. The first-order valence-corrected chi connectivity index (χ1v) is 14.3. The molecule has 0 unspecified atom stereocenters. The highest BCUT2D eigenvalue weighted by Crippen LogP contribution is 2.26. The molecule has 0 aliphatic rings. The second kappa shape index (κ2) is 17.4. The molecule has 218 valence electrons. The predicted octanol–water partition coefficient (Wildman–Crippen LogP) is 3.03. The van der Waals surface area contributed by atoms with Crippen molar-refractivity contribution < 1.29 is 32.6 Å². The molecule has 0 aromatic heterocycles. The van der Waals surface area contributed by atoms with Crippen LogP contribution in [-0.2, 0) is 26.0 Å². The number of hydrogen-bond acceptors (Lipinski definition) is 8. The van der Waals surface area contributed by atoms with Gasteiger partial charge in [-0.2, -0.15) is 4.31 Å². The van der Waals surface area contributed by atoms with E-state index in [9.17, 15) is 18.3 Å². The molecule has 11 heteroatoms. The number of unbranched alkanes of at least 4 members (excludes halogenated alkanes) is 1. The van der Waals surface area contributed by atoms with Crippen molar-refractivity contribution in [2.75, 3.05) is 39.6 Å². The molecule has 2 rings (SSSR count). The fourth-order valence-corrected chi connectivity index (χ4v) is 5.84. The number of sulfonamides is 1. The van der Waals surface area contributed by atoms with Gasteiger partial charge in [0.2, 0.25) is 15.9 Å². The number of aliphatic hydroxyl groups is 1. The second-order valence-corrected chi connectivity index (χ2v) is 11.3. The molecule has 1 amide bonds. The molecule has 10 nitrogen and oxygen atoms in total. The van der Waals surface area contributed by atoms with Crippen molar-refractivity contribution in [3.63, 3.8) is 0 Å². The summed E-state index contributed by atoms with van der Waals surface area (Å²) in [5.74, 6) is 1.40. The maximum absolute atomic E-state index is 13.3. The van der Waals surface area contributed by atoms with E-state index in [0.717, 1.165) is 5.56 Å². The van der Waals surface area contributed by atoms with E-state index in [1.807, 2.05) is 32.8 Å². The molecule has 0 bridgehead atoms. The van der Waals surface area contributed by atoms with Crippen LogP contribution in [0.4, 0.5) is 5.69 Å². The topological polar surface area (TPSA) is 148 Å². The lowest BCUT2D eigenvalue weighted by atomic mass is 10.1. The summed E-state index contributed by atoms with van der Waals surface area (Å²) in [6, 6.07) is 11.1. The Morgan fingerprint density at radius 3 is 2.31 bits per heavy atom. The van der Waals surface area contributed by atoms with E-state index in [-0.39, 0.29) is 23.3 Å². The third-order valence-corrected chi connectivity index (χ3v) is 7.98. The summed E-state index contributed by atoms with van der Waals surface area (Å²) in [6.07, 6.45) is 2.67. The minimum Gasteiger partial charge on any atom is -0.497 e. The van der Waals surface area contributed by atoms with Gasteiger partial charge in [0.15, 0.2) is 0 Å². The minimum absolute atomic E-state index is 0.0658. The van der Waals surface area contributed by atoms with Gasteiger partial charge in [0.05, 0.1) is 25.7 Å². The summed E-state index contributed by atoms with van der Waals surface area (Å²) in [5, 5.41) is 13.0. The summed E-state index contributed by atoms with van der Waals surface area (Å²) in [4.78, 5) is 20.5. The molecule has 0 fully saturated rings. The Balaban J connectivity index is 0.00000371. The van der Waals surface area contributed by atoms with Gasteiger partial charge >= 0.3 is 0 Å². The Hall–Kier alpha value is -3.15. The number of nitrogens with two attached hydrogens (primary N) is 1. The summed E-state index contributed by atoms with van der Waals surface area (Å²) in [5.41, 5.74) is 7.12. The predicted molar refractivity (Wildman–Crippen MR) is 152 cm³/mol. The summed E-state index contributed by atoms with van der Waals surface area (Å²) in [6.45, 7) is 6.38. The number of amides is 1. The number of ether oxygens (including phenoxy) is 2. The number of aryl methyl sites for hydroxylation is 1. The van der Waals surface area contributed by atoms with Crippen LogP contribution in [0.2, 0.25) is 0 Å². The van der Waals surface area contributed by atoms with Gasteiger partial charge < -0.3 is 30.4 Å². The summed E-state index contributed by atoms with van der Waals surface area (Å²) in [7, 11) is -0.621. The number of carbonyl (C=O) groups is 2. The van der Waals surface area contributed by atoms with Gasteiger partial charge in [-0.15, -0.1) is 0 Å². The lowest BCUT2D eigenvalue weighted by Gasteiger charge is -2.31. The first-order valence-electron chi connectivity index (χ1n) is 12.9. The van der Waals surface area contributed by atoms with E-state index < -0.39 is 16.1 Å². The zero-order valence-corrected chi connectivity index (χ0v) is 24.2. The number of anilines is 1. The molecular weight excluding hydrogens is 522 g/mol. The third kappa shape index (κ3) is 10.9. The van der Waals surface area contributed by atoms with Gasteiger partial charge in [-0.25, -0.2) is 8.42 Å². The number of methoxy groups -OCH3 is 2. The van der Waals surface area contributed by atoms with E-state index >= 15 is 0 Å². The number of aliphatic hydroxyl groups excluding tert-OH is 1. The van der Waals surface area contributed by atoms with E-state index in [4.69, 9.17) is 20.0 Å². The number of benzene rings is 2. The average Bonchev–Trinajstić information content (AvgIpc) is 2.93. The molecule has 0 saturated heterocycles. The molecule has 0 spiro atoms. The molecule has 0 radical (unpaired) electrons. The summed E-state index contributed by atoms with van der Waals surface area (Å²) >= 11 is 0. The van der Waals surface area contributed by atoms with Crippen LogP contribution in [0.3, 0.4) is 0 Å². The highest BCUT2D eigenvalue weighted by molar-refractivity contribution is 7.89. The third-order valence-electron chi connectivity index (χ3n) is 6.05. The molecule has 0 saturated carbocycles. The number of nitrogens with one attached hydrogen (secondary N) is 1. The largest absolute Gasteiger partial charge is 0.497 e. The molecule has 2 aromatic rings. The molecule has 2 aromatic carbocycles. The number of carbonyl (C=O) groups excluding carboxylic acids is 2. The van der Waals surface area contributed by atoms with Crippen LogP contribution in [0.25, 0.3) is 0 Å². The molecular formula is C28H43N3O7S. The van der Waals surface area contributed by atoms with Gasteiger partial charge in [-0.3, -0.25) is 4.79 Å². The van der Waals surface area contributed by atoms with Crippen molar-refractivity contribution in [1.82, 2.24) is 9.62 Å². The number of nitrogen functional groups attached to an aromatic ring is 1. The number of hydrogen-bond donors (Lipinski definition) is 3. The normalized spacial score (nSPS) is 12.0. The van der Waals surface area contributed by atoms with Crippen LogP contribution in [0, 0.1) is 5.92 Å². The highest BCUT2D eigenvalue weighted by atomic mass is 32.2. The highest BCUT2D eigenvalue weighted by Gasteiger charge is 2.31. The quantitative estimate of drug-likeness (QED) is 0.208. The second-order valence-electron chi connectivity index (χ2n) is 9.40. The Bertz CT molecular complexity index is 1110. The van der Waals surface area contributed by atoms with Gasteiger partial charge in [0, 0.05) is 37.3 Å². The standard InChI is InChI=1S/C27H41N3O6S.CH2O/c1-20(2)18-30(37(33,34)25-13-10-22(28)11-14-25)23(19-31)7-5-6-16-29-27(32)15-9-21-8-12-24(35-3)17-26(21)36-4;1-2/h8,10-14,17,20,23,31H,5-7,9,15-16,18-19,28H2,1-4H3,(H,29,32);1H2/t23-;/m0./s1. The maximum atomic E-state index is 13.3. The SMILES string of the molecule is C=O.COc1ccc(CCC(=O)NCCCC[C@@H](CO)N(CC(C)C)S(=O)(=O)c2ccc(N)cc2)c(OC)c1. The fraction of sp³-hybridized carbons (Fsp3) is 0.500. The number of rotatable bonds is 16. The molecule has 39 heavy (non-hydrogen) atoms. The molecule has 1 atom stereocenters. The van der Waals surface area contributed by atoms with Gasteiger partial charge in [-0.05, 0) is 61.1 Å². The van der Waals surface area contributed by atoms with E-state index in [1.165, 1.54) is 16.4 Å². The maximum Gasteiger partial charge on any atom is 0.243 e. The van der Waals surface area contributed by atoms with Crippen LogP contribution in [0.1, 0.15) is 45.1 Å². The Morgan fingerprint density at radius 1 is 1.08 bits per heavy atom. The molecule has 0 aliphatic heterocycles. The van der Waals surface area contributed by atoms with Crippen molar-refractivity contribution in [3.05, 3.63) is 48.0 Å². The minimum atomic E-state index is -3.79. The van der Waals surface area contributed by atoms with Crippen molar-refractivity contribution in [1.29, 1.82) is 0 Å². The van der Waals surface area contributed by atoms with Crippen molar-refractivity contribution in [2.45, 2.75) is 56.9 Å². The van der Waals surface area contributed by atoms with E-state index in [2.05, 4.69) is 5.32 Å². The summed E-state index contributed by atoms with van der Waals surface area (Å²) < 4.78 is 38.6. The average molecular weight is 566 g/mol. The van der Waals surface area contributed by atoms with Gasteiger partial charge in [-0.1, -0.05) is 26.3 Å². The molecule has 0 heterocycles. The first kappa shape index (κ1) is 33.9. The van der Waals surface area contributed by atoms with Crippen LogP contribution in [0.15, 0.2) is 47.4 Å². The van der Waals surface area contributed by atoms with E-state index in [1.54, 1.807) is 32.4 Å². The van der Waals surface area contributed by atoms with Crippen LogP contribution in [0.5, 0.6) is 11.5 Å². The Labute approximate surface area is 232 Å². The van der Waals surface area contributed by atoms with Crippen LogP contribution >= 0.6 is 0 Å². The Morgan fingerprint density at radius 2 is 1.74 bits per heavy atom. The van der Waals surface area contributed by atoms with Crippen LogP contribution in [-0.4, -0.2) is 70.5 Å². The van der Waals surface area contributed by atoms with Gasteiger partial charge in [0.25, 0.3) is 0 Å². The first-order chi connectivity index (χ1) is 18.6. The van der Waals surface area contributed by atoms with Gasteiger partial charge in [0.1, 0.15) is 18.3 Å². The Kier molecular flexibility index (Phi) is 15.1. The smallest absolute Gasteiger partial charge is 0.243 e. The van der Waals surface area contributed by atoms with E-state index in [0.29, 0.717) is 62.4 Å². The zero-order chi connectivity index (χ0) is 29.4.